The fraction of sp³-hybridized carbons (Fsp3) is 0.294. The maximum absolute atomic E-state index is 10.4. The minimum Gasteiger partial charge on any atom is -0.388 e. The monoisotopic (exact) mass is 238 g/mol. The minimum absolute atomic E-state index is 0.303. The number of aliphatic hydroxyl groups is 1. The molecule has 0 heterocycles. The van der Waals surface area contributed by atoms with Crippen LogP contribution in [0.3, 0.4) is 0 Å². The summed E-state index contributed by atoms with van der Waals surface area (Å²) in [5.41, 5.74) is 5.03. The number of hydrogen-bond acceptors (Lipinski definition) is 1. The highest BCUT2D eigenvalue weighted by molar-refractivity contribution is 5.35. The van der Waals surface area contributed by atoms with E-state index >= 15 is 0 Å². The Morgan fingerprint density at radius 3 is 2.50 bits per heavy atom. The average Bonchev–Trinajstić information content (AvgIpc) is 2.70. The molecule has 1 aliphatic rings. The SMILES string of the molecule is Cc1ccc(CC2Cc3ccccc3C2O)cc1. The molecule has 2 atom stereocenters. The van der Waals surface area contributed by atoms with E-state index in [1.54, 1.807) is 0 Å². The highest BCUT2D eigenvalue weighted by atomic mass is 16.3. The number of aliphatic hydroxyl groups excluding tert-OH is 1. The van der Waals surface area contributed by atoms with Crippen molar-refractivity contribution in [3.05, 3.63) is 70.8 Å². The summed E-state index contributed by atoms with van der Waals surface area (Å²) in [5, 5.41) is 10.4. The average molecular weight is 238 g/mol. The second kappa shape index (κ2) is 4.58. The van der Waals surface area contributed by atoms with Crippen LogP contribution in [-0.4, -0.2) is 5.11 Å². The van der Waals surface area contributed by atoms with Crippen LogP contribution >= 0.6 is 0 Å². The van der Waals surface area contributed by atoms with Gasteiger partial charge in [-0.2, -0.15) is 0 Å². The molecule has 3 rings (SSSR count). The molecule has 0 saturated carbocycles. The summed E-state index contributed by atoms with van der Waals surface area (Å²) in [6, 6.07) is 16.9. The Hall–Kier alpha value is -1.60. The van der Waals surface area contributed by atoms with Crippen molar-refractivity contribution >= 4 is 0 Å². The molecule has 2 aromatic carbocycles. The Morgan fingerprint density at radius 1 is 1.06 bits per heavy atom. The summed E-state index contributed by atoms with van der Waals surface area (Å²) in [5.74, 6) is 0.324. The Bertz CT molecular complexity index is 542. The van der Waals surface area contributed by atoms with Gasteiger partial charge >= 0.3 is 0 Å². The van der Waals surface area contributed by atoms with Gasteiger partial charge in [0.05, 0.1) is 6.10 Å². The van der Waals surface area contributed by atoms with Gasteiger partial charge in [0.1, 0.15) is 0 Å². The van der Waals surface area contributed by atoms with Crippen LogP contribution in [0.25, 0.3) is 0 Å². The Kier molecular flexibility index (Phi) is 2.92. The molecule has 0 aromatic heterocycles. The van der Waals surface area contributed by atoms with Crippen LogP contribution in [0.15, 0.2) is 48.5 Å². The molecule has 0 fully saturated rings. The normalized spacial score (nSPS) is 21.9. The maximum Gasteiger partial charge on any atom is 0.0827 e. The van der Waals surface area contributed by atoms with E-state index in [1.165, 1.54) is 16.7 Å². The van der Waals surface area contributed by atoms with Gasteiger partial charge in [-0.05, 0) is 42.4 Å². The molecule has 1 heteroatoms. The van der Waals surface area contributed by atoms with Crippen molar-refractivity contribution < 1.29 is 5.11 Å². The van der Waals surface area contributed by atoms with E-state index in [2.05, 4.69) is 49.4 Å². The van der Waals surface area contributed by atoms with Gasteiger partial charge in [0.25, 0.3) is 0 Å². The number of aryl methyl sites for hydroxylation is 1. The van der Waals surface area contributed by atoms with Gasteiger partial charge in [0, 0.05) is 0 Å². The zero-order chi connectivity index (χ0) is 12.5. The lowest BCUT2D eigenvalue weighted by Crippen LogP contribution is -2.10. The number of hydrogen-bond donors (Lipinski definition) is 1. The molecule has 1 aliphatic carbocycles. The molecule has 2 unspecified atom stereocenters. The summed E-state index contributed by atoms with van der Waals surface area (Å²) in [6.45, 7) is 2.10. The third-order valence-electron chi connectivity index (χ3n) is 3.92. The van der Waals surface area contributed by atoms with E-state index in [9.17, 15) is 5.11 Å². The largest absolute Gasteiger partial charge is 0.388 e. The maximum atomic E-state index is 10.4. The van der Waals surface area contributed by atoms with Crippen molar-refractivity contribution in [2.24, 2.45) is 5.92 Å². The molecular weight excluding hydrogens is 220 g/mol. The van der Waals surface area contributed by atoms with Gasteiger partial charge in [-0.15, -0.1) is 0 Å². The molecule has 0 bridgehead atoms. The highest BCUT2D eigenvalue weighted by Crippen LogP contribution is 2.37. The molecule has 1 N–H and O–H groups in total. The predicted octanol–water partition coefficient (Wildman–Crippen LogP) is 3.44. The number of fused-ring (bicyclic) bond motifs is 1. The van der Waals surface area contributed by atoms with Crippen molar-refractivity contribution in [1.29, 1.82) is 0 Å². The molecule has 0 radical (unpaired) electrons. The standard InChI is InChI=1S/C17H18O/c1-12-6-8-13(9-7-12)10-15-11-14-4-2-3-5-16(14)17(15)18/h2-9,15,17-18H,10-11H2,1H3. The topological polar surface area (TPSA) is 20.2 Å². The lowest BCUT2D eigenvalue weighted by molar-refractivity contribution is 0.123. The summed E-state index contributed by atoms with van der Waals surface area (Å²) < 4.78 is 0. The quantitative estimate of drug-likeness (QED) is 0.849. The van der Waals surface area contributed by atoms with E-state index in [0.717, 1.165) is 18.4 Å². The van der Waals surface area contributed by atoms with Gasteiger partial charge in [0.15, 0.2) is 0 Å². The molecule has 0 aliphatic heterocycles. The highest BCUT2D eigenvalue weighted by Gasteiger charge is 2.30. The second-order valence-electron chi connectivity index (χ2n) is 5.30. The van der Waals surface area contributed by atoms with Gasteiger partial charge in [-0.3, -0.25) is 0 Å². The minimum atomic E-state index is -0.303. The van der Waals surface area contributed by atoms with E-state index in [0.29, 0.717) is 5.92 Å². The van der Waals surface area contributed by atoms with Crippen molar-refractivity contribution in [1.82, 2.24) is 0 Å². The zero-order valence-electron chi connectivity index (χ0n) is 10.6. The molecule has 1 nitrogen and oxygen atoms in total. The second-order valence-corrected chi connectivity index (χ2v) is 5.30. The van der Waals surface area contributed by atoms with Crippen LogP contribution in [0.1, 0.15) is 28.4 Å². The molecule has 0 amide bonds. The summed E-state index contributed by atoms with van der Waals surface area (Å²) in [6.07, 6.45) is 1.64. The van der Waals surface area contributed by atoms with E-state index in [-0.39, 0.29) is 6.10 Å². The van der Waals surface area contributed by atoms with E-state index in [4.69, 9.17) is 0 Å². The van der Waals surface area contributed by atoms with Gasteiger partial charge in [-0.25, -0.2) is 0 Å². The molecule has 0 saturated heterocycles. The summed E-state index contributed by atoms with van der Waals surface area (Å²) >= 11 is 0. The number of rotatable bonds is 2. The van der Waals surface area contributed by atoms with Crippen LogP contribution in [0, 0.1) is 12.8 Å². The Labute approximate surface area is 108 Å². The van der Waals surface area contributed by atoms with Gasteiger partial charge in [0.2, 0.25) is 0 Å². The summed E-state index contributed by atoms with van der Waals surface area (Å²) in [4.78, 5) is 0. The fourth-order valence-corrected chi connectivity index (χ4v) is 2.87. The molecule has 92 valence electrons. The van der Waals surface area contributed by atoms with E-state index < -0.39 is 0 Å². The first kappa shape index (κ1) is 11.5. The molecule has 0 spiro atoms. The lowest BCUT2D eigenvalue weighted by atomic mass is 9.94. The zero-order valence-corrected chi connectivity index (χ0v) is 10.6. The summed E-state index contributed by atoms with van der Waals surface area (Å²) in [7, 11) is 0. The fourth-order valence-electron chi connectivity index (χ4n) is 2.87. The van der Waals surface area contributed by atoms with Gasteiger partial charge < -0.3 is 5.11 Å². The molecule has 2 aromatic rings. The molecular formula is C17H18O. The predicted molar refractivity (Wildman–Crippen MR) is 73.5 cm³/mol. The van der Waals surface area contributed by atoms with Crippen molar-refractivity contribution in [3.8, 4) is 0 Å². The lowest BCUT2D eigenvalue weighted by Gasteiger charge is -2.15. The Morgan fingerprint density at radius 2 is 1.78 bits per heavy atom. The van der Waals surface area contributed by atoms with Crippen LogP contribution in [0.5, 0.6) is 0 Å². The van der Waals surface area contributed by atoms with Crippen molar-refractivity contribution in [2.75, 3.05) is 0 Å². The van der Waals surface area contributed by atoms with Crippen molar-refractivity contribution in [3.63, 3.8) is 0 Å². The van der Waals surface area contributed by atoms with E-state index in [1.807, 2.05) is 6.07 Å². The van der Waals surface area contributed by atoms with Crippen LogP contribution < -0.4 is 0 Å². The van der Waals surface area contributed by atoms with Crippen LogP contribution in [0.2, 0.25) is 0 Å². The first-order valence-electron chi connectivity index (χ1n) is 6.55. The van der Waals surface area contributed by atoms with Crippen molar-refractivity contribution in [2.45, 2.75) is 25.9 Å². The van der Waals surface area contributed by atoms with Gasteiger partial charge in [-0.1, -0.05) is 54.1 Å². The first-order valence-corrected chi connectivity index (χ1v) is 6.55. The third kappa shape index (κ3) is 2.06. The number of benzene rings is 2. The van der Waals surface area contributed by atoms with Crippen LogP contribution in [0.4, 0.5) is 0 Å². The van der Waals surface area contributed by atoms with Crippen LogP contribution in [-0.2, 0) is 12.8 Å². The molecule has 18 heavy (non-hydrogen) atoms. The smallest absolute Gasteiger partial charge is 0.0827 e. The first-order chi connectivity index (χ1) is 8.74. The Balaban J connectivity index is 1.78. The third-order valence-corrected chi connectivity index (χ3v) is 3.92.